The van der Waals surface area contributed by atoms with Crippen molar-refractivity contribution >= 4 is 28.2 Å². The number of aliphatic hydroxyl groups excluding tert-OH is 1. The number of anilines is 1. The second kappa shape index (κ2) is 7.01. The largest absolute Gasteiger partial charge is 0.396 e. The average Bonchev–Trinajstić information content (AvgIpc) is 2.86. The van der Waals surface area contributed by atoms with Crippen LogP contribution in [0.25, 0.3) is 0 Å². The number of aliphatic hydroxyl groups is 1. The van der Waals surface area contributed by atoms with Gasteiger partial charge in [-0.2, -0.15) is 0 Å². The van der Waals surface area contributed by atoms with Crippen LogP contribution >= 0.6 is 11.3 Å². The Morgan fingerprint density at radius 2 is 1.96 bits per heavy atom. The van der Waals surface area contributed by atoms with Gasteiger partial charge in [-0.1, -0.05) is 20.8 Å². The van der Waals surface area contributed by atoms with E-state index in [1.54, 1.807) is 0 Å². The van der Waals surface area contributed by atoms with Gasteiger partial charge in [-0.25, -0.2) is 0 Å². The quantitative estimate of drug-likeness (QED) is 0.890. The number of aryl methyl sites for hydroxylation is 1. The number of rotatable bonds is 3. The molecule has 0 aliphatic carbocycles. The van der Waals surface area contributed by atoms with Crippen molar-refractivity contribution in [2.45, 2.75) is 40.5 Å². The molecule has 2 N–H and O–H groups in total. The molecule has 0 atom stereocenters. The van der Waals surface area contributed by atoms with Crippen molar-refractivity contribution in [3.8, 4) is 0 Å². The molecule has 2 rings (SSSR count). The molecule has 2 amide bonds. The van der Waals surface area contributed by atoms with Crippen LogP contribution in [0.4, 0.5) is 5.00 Å². The van der Waals surface area contributed by atoms with Crippen LogP contribution in [0.1, 0.15) is 48.8 Å². The van der Waals surface area contributed by atoms with Crippen molar-refractivity contribution in [3.63, 3.8) is 0 Å². The van der Waals surface area contributed by atoms with Gasteiger partial charge in [-0.3, -0.25) is 9.59 Å². The second-order valence-corrected chi connectivity index (χ2v) is 8.30. The predicted molar refractivity (Wildman–Crippen MR) is 92.9 cm³/mol. The molecule has 1 aliphatic rings. The lowest BCUT2D eigenvalue weighted by Gasteiger charge is -2.31. The molecule has 0 bridgehead atoms. The third kappa shape index (κ3) is 4.32. The highest BCUT2D eigenvalue weighted by Crippen LogP contribution is 2.30. The molecule has 0 saturated carbocycles. The van der Waals surface area contributed by atoms with E-state index in [0.29, 0.717) is 23.9 Å². The standard InChI is InChI=1S/C17H26N2O3S/c1-11-9-13(18-16(22)17(2,3)4)23-14(11)15(21)19-7-5-12(10-20)6-8-19/h9,12,20H,5-8,10H2,1-4H3,(H,18,22). The van der Waals surface area contributed by atoms with Gasteiger partial charge in [0.25, 0.3) is 5.91 Å². The minimum Gasteiger partial charge on any atom is -0.396 e. The average molecular weight is 338 g/mol. The van der Waals surface area contributed by atoms with Crippen molar-refractivity contribution in [1.82, 2.24) is 4.90 Å². The Hall–Kier alpha value is -1.40. The molecule has 1 aliphatic heterocycles. The zero-order valence-corrected chi connectivity index (χ0v) is 15.1. The number of hydrogen-bond donors (Lipinski definition) is 2. The fourth-order valence-electron chi connectivity index (χ4n) is 2.52. The molecule has 6 heteroatoms. The van der Waals surface area contributed by atoms with Crippen LogP contribution in [0, 0.1) is 18.3 Å². The highest BCUT2D eigenvalue weighted by Gasteiger charge is 2.27. The van der Waals surface area contributed by atoms with Crippen LogP contribution < -0.4 is 5.32 Å². The number of hydrogen-bond acceptors (Lipinski definition) is 4. The van der Waals surface area contributed by atoms with Gasteiger partial charge in [-0.15, -0.1) is 11.3 Å². The summed E-state index contributed by atoms with van der Waals surface area (Å²) in [5.41, 5.74) is 0.433. The number of amides is 2. The maximum atomic E-state index is 12.7. The molecule has 0 aromatic carbocycles. The molecule has 128 valence electrons. The number of likely N-dealkylation sites (tertiary alicyclic amines) is 1. The first-order valence-corrected chi connectivity index (χ1v) is 8.86. The first kappa shape index (κ1) is 17.9. The van der Waals surface area contributed by atoms with E-state index in [9.17, 15) is 14.7 Å². The first-order valence-electron chi connectivity index (χ1n) is 8.04. The monoisotopic (exact) mass is 338 g/mol. The Kier molecular flexibility index (Phi) is 5.47. The molecule has 0 radical (unpaired) electrons. The molecular formula is C17H26N2O3S. The Bertz CT molecular complexity index is 581. The Labute approximate surface area is 141 Å². The zero-order chi connectivity index (χ0) is 17.2. The highest BCUT2D eigenvalue weighted by molar-refractivity contribution is 7.18. The summed E-state index contributed by atoms with van der Waals surface area (Å²) >= 11 is 1.34. The van der Waals surface area contributed by atoms with Crippen LogP contribution in [0.15, 0.2) is 6.07 Å². The topological polar surface area (TPSA) is 69.6 Å². The lowest BCUT2D eigenvalue weighted by molar-refractivity contribution is -0.123. The first-order chi connectivity index (χ1) is 10.7. The predicted octanol–water partition coefficient (Wildman–Crippen LogP) is 2.89. The summed E-state index contributed by atoms with van der Waals surface area (Å²) in [6, 6.07) is 1.86. The minimum atomic E-state index is -0.464. The molecule has 1 fully saturated rings. The van der Waals surface area contributed by atoms with Gasteiger partial charge in [0.2, 0.25) is 5.91 Å². The number of carbonyl (C=O) groups is 2. The molecule has 1 aromatic rings. The number of thiophene rings is 1. The molecule has 0 spiro atoms. The SMILES string of the molecule is Cc1cc(NC(=O)C(C)(C)C)sc1C(=O)N1CCC(CO)CC1. The van der Waals surface area contributed by atoms with Crippen molar-refractivity contribution in [2.24, 2.45) is 11.3 Å². The fraction of sp³-hybridized carbons (Fsp3) is 0.647. The molecule has 1 saturated heterocycles. The van der Waals surface area contributed by atoms with Crippen LogP contribution in [-0.4, -0.2) is 41.5 Å². The summed E-state index contributed by atoms with van der Waals surface area (Å²) in [5.74, 6) is 0.284. The fourth-order valence-corrected chi connectivity index (χ4v) is 3.55. The van der Waals surface area contributed by atoms with Gasteiger partial charge in [0.15, 0.2) is 0 Å². The van der Waals surface area contributed by atoms with E-state index in [1.807, 2.05) is 38.7 Å². The summed E-state index contributed by atoms with van der Waals surface area (Å²) < 4.78 is 0. The summed E-state index contributed by atoms with van der Waals surface area (Å²) in [7, 11) is 0. The van der Waals surface area contributed by atoms with Crippen LogP contribution in [-0.2, 0) is 4.79 Å². The van der Waals surface area contributed by atoms with E-state index < -0.39 is 5.41 Å². The second-order valence-electron chi connectivity index (χ2n) is 7.25. The lowest BCUT2D eigenvalue weighted by atomic mass is 9.96. The lowest BCUT2D eigenvalue weighted by Crippen LogP contribution is -2.39. The summed E-state index contributed by atoms with van der Waals surface area (Å²) in [4.78, 5) is 27.3. The Morgan fingerprint density at radius 1 is 1.35 bits per heavy atom. The Balaban J connectivity index is 2.06. The maximum absolute atomic E-state index is 12.7. The van der Waals surface area contributed by atoms with Gasteiger partial charge < -0.3 is 15.3 Å². The van der Waals surface area contributed by atoms with Gasteiger partial charge in [-0.05, 0) is 37.3 Å². The molecule has 5 nitrogen and oxygen atoms in total. The van der Waals surface area contributed by atoms with Gasteiger partial charge in [0.1, 0.15) is 0 Å². The third-order valence-corrected chi connectivity index (χ3v) is 5.33. The molecule has 0 unspecified atom stereocenters. The van der Waals surface area contributed by atoms with Crippen LogP contribution in [0.3, 0.4) is 0 Å². The Morgan fingerprint density at radius 3 is 2.48 bits per heavy atom. The van der Waals surface area contributed by atoms with Crippen molar-refractivity contribution in [1.29, 1.82) is 0 Å². The van der Waals surface area contributed by atoms with Crippen molar-refractivity contribution in [3.05, 3.63) is 16.5 Å². The van der Waals surface area contributed by atoms with E-state index in [2.05, 4.69) is 5.32 Å². The molecular weight excluding hydrogens is 312 g/mol. The third-order valence-electron chi connectivity index (χ3n) is 4.19. The minimum absolute atomic E-state index is 0.0279. The number of piperidine rings is 1. The normalized spacial score (nSPS) is 16.5. The van der Waals surface area contributed by atoms with Crippen molar-refractivity contribution in [2.75, 3.05) is 25.0 Å². The molecule has 1 aromatic heterocycles. The van der Waals surface area contributed by atoms with E-state index in [0.717, 1.165) is 23.4 Å². The van der Waals surface area contributed by atoms with E-state index in [-0.39, 0.29) is 18.4 Å². The van der Waals surface area contributed by atoms with Crippen LogP contribution in [0.2, 0.25) is 0 Å². The number of nitrogens with one attached hydrogen (secondary N) is 1. The molecule has 2 heterocycles. The molecule has 23 heavy (non-hydrogen) atoms. The number of nitrogens with zero attached hydrogens (tertiary/aromatic N) is 1. The highest BCUT2D eigenvalue weighted by atomic mass is 32.1. The van der Waals surface area contributed by atoms with E-state index in [4.69, 9.17) is 0 Å². The van der Waals surface area contributed by atoms with Gasteiger partial charge in [0.05, 0.1) is 9.88 Å². The summed E-state index contributed by atoms with van der Waals surface area (Å²) in [5, 5.41) is 12.8. The van der Waals surface area contributed by atoms with E-state index in [1.165, 1.54) is 11.3 Å². The van der Waals surface area contributed by atoms with E-state index >= 15 is 0 Å². The summed E-state index contributed by atoms with van der Waals surface area (Å²) in [6.07, 6.45) is 1.70. The summed E-state index contributed by atoms with van der Waals surface area (Å²) in [6.45, 7) is 9.05. The van der Waals surface area contributed by atoms with Crippen molar-refractivity contribution < 1.29 is 14.7 Å². The zero-order valence-electron chi connectivity index (χ0n) is 14.3. The smallest absolute Gasteiger partial charge is 0.264 e. The van der Waals surface area contributed by atoms with Crippen LogP contribution in [0.5, 0.6) is 0 Å². The maximum Gasteiger partial charge on any atom is 0.264 e. The van der Waals surface area contributed by atoms with Gasteiger partial charge >= 0.3 is 0 Å². The number of carbonyl (C=O) groups excluding carboxylic acids is 2. The van der Waals surface area contributed by atoms with Gasteiger partial charge in [0, 0.05) is 25.1 Å².